The third-order valence-electron chi connectivity index (χ3n) is 12.2. The summed E-state index contributed by atoms with van der Waals surface area (Å²) in [6, 6.07) is 30.2. The first-order valence-electron chi connectivity index (χ1n) is 23.2. The van der Waals surface area contributed by atoms with Crippen molar-refractivity contribution >= 4 is 20.0 Å². The van der Waals surface area contributed by atoms with Gasteiger partial charge in [-0.05, 0) is 96.5 Å². The number of benzene rings is 4. The Morgan fingerprint density at radius 3 is 0.956 bits per heavy atom. The highest BCUT2D eigenvalue weighted by atomic mass is 32.2. The molecule has 2 saturated heterocycles. The summed E-state index contributed by atoms with van der Waals surface area (Å²) in [4.78, 5) is 4.38. The van der Waals surface area contributed by atoms with Gasteiger partial charge in [0.05, 0.1) is 65.4 Å². The van der Waals surface area contributed by atoms with Gasteiger partial charge in [0.1, 0.15) is 23.0 Å². The van der Waals surface area contributed by atoms with Crippen LogP contribution in [0.15, 0.2) is 122 Å². The molecule has 0 radical (unpaired) electrons. The van der Waals surface area contributed by atoms with Crippen molar-refractivity contribution in [2.24, 2.45) is 0 Å². The lowest BCUT2D eigenvalue weighted by Crippen LogP contribution is -2.47. The lowest BCUT2D eigenvalue weighted by Gasteiger charge is -2.33. The van der Waals surface area contributed by atoms with E-state index in [2.05, 4.69) is 23.0 Å². The van der Waals surface area contributed by atoms with Crippen LogP contribution in [0.2, 0.25) is 0 Å². The summed E-state index contributed by atoms with van der Waals surface area (Å²) in [5, 5.41) is -1.06. The highest BCUT2D eigenvalue weighted by Crippen LogP contribution is 2.26. The van der Waals surface area contributed by atoms with Crippen LogP contribution in [-0.4, -0.2) is 140 Å². The van der Waals surface area contributed by atoms with Gasteiger partial charge in [-0.15, -0.1) is 13.2 Å². The average molecular weight is 977 g/mol. The van der Waals surface area contributed by atoms with Crippen LogP contribution in [0.1, 0.15) is 47.9 Å². The van der Waals surface area contributed by atoms with Crippen molar-refractivity contribution in [1.29, 1.82) is 0 Å². The number of allylic oxidation sites excluding steroid dienone is 2. The normalized spacial score (nSPS) is 15.7. The van der Waals surface area contributed by atoms with Crippen LogP contribution in [0.25, 0.3) is 0 Å². The standard InChI is InChI=1S/2C26H36N2O5S/c2*1-4-5-6-26(21-27-15-17-33-18-16-27)34(29,30)28(19-22-7-11-24(31-2)12-8-22)20-23-9-13-25(32-3)14-10-23/h2*4,7-14,26H,1,5-6,15-21H2,2-3H3/t2*26-/m10/s1. The molecule has 4 aromatic carbocycles. The van der Waals surface area contributed by atoms with Gasteiger partial charge in [0.2, 0.25) is 20.0 Å². The molecule has 0 aromatic heterocycles. The summed E-state index contributed by atoms with van der Waals surface area (Å²) < 4.78 is 91.3. The van der Waals surface area contributed by atoms with Gasteiger partial charge < -0.3 is 28.4 Å². The third kappa shape index (κ3) is 16.7. The number of sulfonamides is 2. The molecule has 0 saturated carbocycles. The molecular formula is C52H72N4O10S2. The SMILES string of the molecule is C=CCC[C@@H](CN1CCOCC1)S(=O)(=O)N(Cc1ccc(OC)cc1)Cc1ccc(OC)cc1.C=CCC[C@H](CN1CCOCC1)S(=O)(=O)N(Cc1ccc(OC)cc1)Cc1ccc(OC)cc1. The van der Waals surface area contributed by atoms with E-state index in [1.165, 1.54) is 0 Å². The molecule has 68 heavy (non-hydrogen) atoms. The van der Waals surface area contributed by atoms with Gasteiger partial charge in [0, 0.05) is 65.4 Å². The fourth-order valence-corrected chi connectivity index (χ4v) is 11.9. The number of rotatable bonds is 26. The number of methoxy groups -OCH3 is 4. The Hall–Kier alpha value is -4.78. The Kier molecular flexibility index (Phi) is 22.3. The molecule has 0 N–H and O–H groups in total. The maximum Gasteiger partial charge on any atom is 0.218 e. The van der Waals surface area contributed by atoms with E-state index in [-0.39, 0.29) is 26.2 Å². The molecule has 0 amide bonds. The van der Waals surface area contributed by atoms with Gasteiger partial charge in [0.15, 0.2) is 0 Å². The number of nitrogens with zero attached hydrogens (tertiary/aromatic N) is 4. The van der Waals surface area contributed by atoms with Crippen molar-refractivity contribution in [2.75, 3.05) is 94.1 Å². The molecule has 2 aliphatic heterocycles. The maximum absolute atomic E-state index is 14.0. The average Bonchev–Trinajstić information content (AvgIpc) is 3.37. The Balaban J connectivity index is 0.000000254. The van der Waals surface area contributed by atoms with E-state index in [1.54, 1.807) is 49.2 Å². The van der Waals surface area contributed by atoms with E-state index >= 15 is 0 Å². The van der Waals surface area contributed by atoms with Crippen molar-refractivity contribution in [3.8, 4) is 23.0 Å². The number of hydrogen-bond donors (Lipinski definition) is 0. The minimum atomic E-state index is -3.62. The molecule has 372 valence electrons. The molecule has 2 fully saturated rings. The number of hydrogen-bond acceptors (Lipinski definition) is 12. The monoisotopic (exact) mass is 976 g/mol. The highest BCUT2D eigenvalue weighted by molar-refractivity contribution is 7.90. The quantitative estimate of drug-likeness (QED) is 0.0580. The molecule has 2 aliphatic rings. The van der Waals surface area contributed by atoms with Crippen LogP contribution >= 0.6 is 0 Å². The zero-order valence-corrected chi connectivity index (χ0v) is 42.0. The minimum absolute atomic E-state index is 0.284. The Labute approximate surface area is 406 Å². The summed E-state index contributed by atoms with van der Waals surface area (Å²) in [5.41, 5.74) is 3.64. The molecule has 0 aliphatic carbocycles. The van der Waals surface area contributed by atoms with Crippen LogP contribution < -0.4 is 18.9 Å². The van der Waals surface area contributed by atoms with E-state index in [1.807, 2.05) is 97.1 Å². The van der Waals surface area contributed by atoms with Crippen LogP contribution in [0.3, 0.4) is 0 Å². The molecule has 14 nitrogen and oxygen atoms in total. The van der Waals surface area contributed by atoms with E-state index in [4.69, 9.17) is 28.4 Å². The third-order valence-corrected chi connectivity index (χ3v) is 16.6. The van der Waals surface area contributed by atoms with Gasteiger partial charge in [-0.25, -0.2) is 16.8 Å². The number of morpholine rings is 2. The molecule has 2 heterocycles. The maximum atomic E-state index is 14.0. The zero-order valence-electron chi connectivity index (χ0n) is 40.4. The summed E-state index contributed by atoms with van der Waals surface area (Å²) in [6.45, 7) is 15.3. The van der Waals surface area contributed by atoms with Crippen molar-refractivity contribution in [1.82, 2.24) is 18.4 Å². The second-order valence-corrected chi connectivity index (χ2v) is 21.2. The van der Waals surface area contributed by atoms with Crippen molar-refractivity contribution in [2.45, 2.75) is 62.4 Å². The largest absolute Gasteiger partial charge is 0.497 e. The summed E-state index contributed by atoms with van der Waals surface area (Å²) in [6.07, 6.45) is 5.94. The van der Waals surface area contributed by atoms with E-state index < -0.39 is 30.5 Å². The molecule has 4 aromatic rings. The fraction of sp³-hybridized carbons (Fsp3) is 0.462. The van der Waals surface area contributed by atoms with Crippen LogP contribution in [0, 0.1) is 0 Å². The van der Waals surface area contributed by atoms with Crippen LogP contribution in [0.4, 0.5) is 0 Å². The number of ether oxygens (including phenoxy) is 6. The molecule has 6 rings (SSSR count). The highest BCUT2D eigenvalue weighted by Gasteiger charge is 2.35. The summed E-state index contributed by atoms with van der Waals surface area (Å²) >= 11 is 0. The van der Waals surface area contributed by atoms with Crippen LogP contribution in [0.5, 0.6) is 23.0 Å². The van der Waals surface area contributed by atoms with Crippen molar-refractivity contribution in [3.05, 3.63) is 145 Å². The van der Waals surface area contributed by atoms with Gasteiger partial charge >= 0.3 is 0 Å². The first-order chi connectivity index (χ1) is 32.9. The Morgan fingerprint density at radius 1 is 0.485 bits per heavy atom. The van der Waals surface area contributed by atoms with Gasteiger partial charge in [0.25, 0.3) is 0 Å². The van der Waals surface area contributed by atoms with E-state index in [9.17, 15) is 16.8 Å². The summed E-state index contributed by atoms with van der Waals surface area (Å²) in [5.74, 6) is 2.96. The second kappa shape index (κ2) is 28.0. The van der Waals surface area contributed by atoms with Gasteiger partial charge in [-0.3, -0.25) is 9.80 Å². The zero-order chi connectivity index (χ0) is 48.8. The minimum Gasteiger partial charge on any atom is -0.497 e. The van der Waals surface area contributed by atoms with E-state index in [0.717, 1.165) is 71.4 Å². The molecular weight excluding hydrogens is 905 g/mol. The first kappa shape index (κ1) is 54.2. The molecule has 0 unspecified atom stereocenters. The van der Waals surface area contributed by atoms with Crippen LogP contribution in [-0.2, 0) is 55.7 Å². The Bertz CT molecular complexity index is 2040. The molecule has 2 atom stereocenters. The van der Waals surface area contributed by atoms with E-state index in [0.29, 0.717) is 65.2 Å². The summed E-state index contributed by atoms with van der Waals surface area (Å²) in [7, 11) is -0.779. The molecule has 0 bridgehead atoms. The Morgan fingerprint density at radius 2 is 0.735 bits per heavy atom. The lowest BCUT2D eigenvalue weighted by molar-refractivity contribution is 0.0373. The smallest absolute Gasteiger partial charge is 0.218 e. The lowest BCUT2D eigenvalue weighted by atomic mass is 10.2. The van der Waals surface area contributed by atoms with Gasteiger partial charge in [-0.2, -0.15) is 8.61 Å². The predicted octanol–water partition coefficient (Wildman–Crippen LogP) is 7.41. The van der Waals surface area contributed by atoms with Crippen molar-refractivity contribution in [3.63, 3.8) is 0 Å². The topological polar surface area (TPSA) is 137 Å². The molecule has 0 spiro atoms. The van der Waals surface area contributed by atoms with Gasteiger partial charge in [-0.1, -0.05) is 60.7 Å². The predicted molar refractivity (Wildman–Crippen MR) is 269 cm³/mol. The first-order valence-corrected chi connectivity index (χ1v) is 26.2. The van der Waals surface area contributed by atoms with Crippen molar-refractivity contribution < 1.29 is 45.3 Å². The fourth-order valence-electron chi connectivity index (χ4n) is 8.05. The molecule has 16 heteroatoms. The second-order valence-electron chi connectivity index (χ2n) is 16.8.